The van der Waals surface area contributed by atoms with Crippen molar-refractivity contribution in [2.24, 2.45) is 11.8 Å². The summed E-state index contributed by atoms with van der Waals surface area (Å²) in [5.41, 5.74) is 0.468. The van der Waals surface area contributed by atoms with Crippen LogP contribution in [-0.4, -0.2) is 29.6 Å². The van der Waals surface area contributed by atoms with Crippen molar-refractivity contribution >= 4 is 11.3 Å². The second-order valence-electron chi connectivity index (χ2n) is 8.07. The maximum Gasteiger partial charge on any atom is 0.104 e. The molecule has 0 amide bonds. The van der Waals surface area contributed by atoms with Gasteiger partial charge in [-0.1, -0.05) is 36.4 Å². The molecular formula is C22H29NOS. The lowest BCUT2D eigenvalue weighted by atomic mass is 9.84. The average molecular weight is 356 g/mol. The van der Waals surface area contributed by atoms with Gasteiger partial charge in [-0.3, -0.25) is 0 Å². The SMILES string of the molecule is O[C@@](CCN1CC2CCC(CC2)C1)(Cc1ccccc1)c1cccs1. The predicted molar refractivity (Wildman–Crippen MR) is 105 cm³/mol. The van der Waals surface area contributed by atoms with Gasteiger partial charge in [-0.2, -0.15) is 0 Å². The van der Waals surface area contributed by atoms with Crippen LogP contribution in [0.4, 0.5) is 0 Å². The highest BCUT2D eigenvalue weighted by atomic mass is 32.1. The summed E-state index contributed by atoms with van der Waals surface area (Å²) in [6.07, 6.45) is 7.19. The Bertz CT molecular complexity index is 634. The molecule has 1 saturated carbocycles. The molecule has 3 fully saturated rings. The van der Waals surface area contributed by atoms with Gasteiger partial charge in [-0.15, -0.1) is 11.3 Å². The molecule has 134 valence electrons. The van der Waals surface area contributed by atoms with Crippen molar-refractivity contribution in [3.63, 3.8) is 0 Å². The first kappa shape index (κ1) is 17.3. The lowest BCUT2D eigenvalue weighted by Crippen LogP contribution is -2.36. The van der Waals surface area contributed by atoms with Crippen molar-refractivity contribution in [3.05, 3.63) is 58.3 Å². The zero-order valence-corrected chi connectivity index (χ0v) is 15.8. The third-order valence-corrected chi connectivity index (χ3v) is 7.22. The fourth-order valence-corrected chi connectivity index (χ4v) is 5.56. The largest absolute Gasteiger partial charge is 0.384 e. The Morgan fingerprint density at radius 3 is 2.24 bits per heavy atom. The highest BCUT2D eigenvalue weighted by Crippen LogP contribution is 2.36. The van der Waals surface area contributed by atoms with E-state index in [0.717, 1.165) is 29.7 Å². The topological polar surface area (TPSA) is 23.5 Å². The van der Waals surface area contributed by atoms with Gasteiger partial charge in [0.15, 0.2) is 0 Å². The van der Waals surface area contributed by atoms with Crippen LogP contribution >= 0.6 is 11.3 Å². The molecule has 2 aliphatic heterocycles. The molecule has 1 aromatic carbocycles. The summed E-state index contributed by atoms with van der Waals surface area (Å²) in [4.78, 5) is 3.74. The van der Waals surface area contributed by atoms with E-state index >= 15 is 0 Å². The van der Waals surface area contributed by atoms with E-state index in [0.29, 0.717) is 6.42 Å². The maximum absolute atomic E-state index is 11.6. The highest BCUT2D eigenvalue weighted by Gasteiger charge is 2.34. The fraction of sp³-hybridized carbons (Fsp3) is 0.545. The van der Waals surface area contributed by atoms with Gasteiger partial charge in [0.2, 0.25) is 0 Å². The molecule has 2 aromatic rings. The second-order valence-corrected chi connectivity index (χ2v) is 9.02. The van der Waals surface area contributed by atoms with Crippen LogP contribution in [0.5, 0.6) is 0 Å². The fourth-order valence-electron chi connectivity index (χ4n) is 4.70. The van der Waals surface area contributed by atoms with Gasteiger partial charge >= 0.3 is 0 Å². The number of aliphatic hydroxyl groups is 1. The van der Waals surface area contributed by atoms with E-state index < -0.39 is 5.60 Å². The summed E-state index contributed by atoms with van der Waals surface area (Å²) in [5, 5.41) is 13.6. The van der Waals surface area contributed by atoms with Crippen LogP contribution in [0.3, 0.4) is 0 Å². The number of benzene rings is 1. The zero-order valence-electron chi connectivity index (χ0n) is 14.9. The number of fused-ring (bicyclic) bond motifs is 4. The minimum atomic E-state index is -0.749. The van der Waals surface area contributed by atoms with E-state index in [-0.39, 0.29) is 0 Å². The Kier molecular flexibility index (Phi) is 5.25. The molecule has 2 saturated heterocycles. The van der Waals surface area contributed by atoms with Crippen LogP contribution in [0, 0.1) is 11.8 Å². The quantitative estimate of drug-likeness (QED) is 0.812. The van der Waals surface area contributed by atoms with E-state index in [1.165, 1.54) is 44.3 Å². The number of rotatable bonds is 6. The minimum absolute atomic E-state index is 0.703. The molecule has 1 N–H and O–H groups in total. The maximum atomic E-state index is 11.6. The van der Waals surface area contributed by atoms with Crippen LogP contribution in [0.25, 0.3) is 0 Å². The van der Waals surface area contributed by atoms with Crippen LogP contribution in [0.2, 0.25) is 0 Å². The summed E-state index contributed by atoms with van der Waals surface area (Å²) in [7, 11) is 0. The van der Waals surface area contributed by atoms with Crippen molar-refractivity contribution in [2.45, 2.75) is 44.1 Å². The van der Waals surface area contributed by atoms with E-state index in [4.69, 9.17) is 0 Å². The van der Waals surface area contributed by atoms with Crippen molar-refractivity contribution in [2.75, 3.05) is 19.6 Å². The number of thiophene rings is 1. The Morgan fingerprint density at radius 2 is 1.64 bits per heavy atom. The lowest BCUT2D eigenvalue weighted by Gasteiger charge is -2.31. The monoisotopic (exact) mass is 355 g/mol. The Labute approximate surface area is 155 Å². The molecule has 2 bridgehead atoms. The number of nitrogens with zero attached hydrogens (tertiary/aromatic N) is 1. The average Bonchev–Trinajstić information content (AvgIpc) is 3.03. The van der Waals surface area contributed by atoms with E-state index in [2.05, 4.69) is 46.7 Å². The Hall–Kier alpha value is -1.16. The lowest BCUT2D eigenvalue weighted by molar-refractivity contribution is 0.0197. The first-order valence-electron chi connectivity index (χ1n) is 9.74. The predicted octanol–water partition coefficient (Wildman–Crippen LogP) is 4.69. The van der Waals surface area contributed by atoms with E-state index in [9.17, 15) is 5.11 Å². The van der Waals surface area contributed by atoms with Gasteiger partial charge in [0.05, 0.1) is 0 Å². The molecule has 1 aromatic heterocycles. The molecule has 2 nitrogen and oxygen atoms in total. The van der Waals surface area contributed by atoms with Gasteiger partial charge in [0.1, 0.15) is 5.60 Å². The van der Waals surface area contributed by atoms with Crippen molar-refractivity contribution in [3.8, 4) is 0 Å². The molecule has 1 atom stereocenters. The van der Waals surface area contributed by atoms with Gasteiger partial charge in [-0.25, -0.2) is 0 Å². The number of hydrogen-bond acceptors (Lipinski definition) is 3. The molecule has 1 aliphatic carbocycles. The molecule has 5 rings (SSSR count). The van der Waals surface area contributed by atoms with Crippen LogP contribution in [0.15, 0.2) is 47.8 Å². The normalized spacial score (nSPS) is 26.3. The first-order valence-corrected chi connectivity index (χ1v) is 10.6. The Balaban J connectivity index is 1.47. The molecular weight excluding hydrogens is 326 g/mol. The summed E-state index contributed by atoms with van der Waals surface area (Å²) < 4.78 is 0. The summed E-state index contributed by atoms with van der Waals surface area (Å²) >= 11 is 1.68. The van der Waals surface area contributed by atoms with E-state index in [1.54, 1.807) is 11.3 Å². The summed E-state index contributed by atoms with van der Waals surface area (Å²) in [6, 6.07) is 14.6. The molecule has 3 heterocycles. The van der Waals surface area contributed by atoms with Crippen LogP contribution in [0.1, 0.15) is 42.5 Å². The molecule has 25 heavy (non-hydrogen) atoms. The highest BCUT2D eigenvalue weighted by molar-refractivity contribution is 7.10. The van der Waals surface area contributed by atoms with Gasteiger partial charge in [0.25, 0.3) is 0 Å². The van der Waals surface area contributed by atoms with E-state index in [1.807, 2.05) is 6.07 Å². The summed E-state index contributed by atoms with van der Waals surface area (Å²) in [5.74, 6) is 1.78. The molecule has 3 heteroatoms. The van der Waals surface area contributed by atoms with Gasteiger partial charge in [-0.05, 0) is 60.9 Å². The second kappa shape index (κ2) is 7.61. The molecule has 0 spiro atoms. The smallest absolute Gasteiger partial charge is 0.104 e. The third kappa shape index (κ3) is 4.16. The van der Waals surface area contributed by atoms with Crippen LogP contribution < -0.4 is 0 Å². The molecule has 3 aliphatic rings. The van der Waals surface area contributed by atoms with Gasteiger partial charge < -0.3 is 10.0 Å². The zero-order chi connectivity index (χ0) is 17.1. The van der Waals surface area contributed by atoms with Gasteiger partial charge in [0, 0.05) is 30.9 Å². The summed E-state index contributed by atoms with van der Waals surface area (Å²) in [6.45, 7) is 3.49. The standard InChI is InChI=1S/C22H29NOS/c24-22(21-7-4-14-25-21,15-18-5-2-1-3-6-18)12-13-23-16-19-8-9-20(17-23)11-10-19/h1-7,14,19-20,24H,8-13,15-17H2/t19?,20?,22-/m0/s1. The molecule has 0 unspecified atom stereocenters. The van der Waals surface area contributed by atoms with Crippen molar-refractivity contribution in [1.29, 1.82) is 0 Å². The number of hydrogen-bond donors (Lipinski definition) is 1. The van der Waals surface area contributed by atoms with Crippen molar-refractivity contribution < 1.29 is 5.11 Å². The third-order valence-electron chi connectivity index (χ3n) is 6.16. The van der Waals surface area contributed by atoms with Crippen molar-refractivity contribution in [1.82, 2.24) is 4.90 Å². The minimum Gasteiger partial charge on any atom is -0.384 e. The Morgan fingerprint density at radius 1 is 0.960 bits per heavy atom. The molecule has 0 radical (unpaired) electrons. The first-order chi connectivity index (χ1) is 12.2. The van der Waals surface area contributed by atoms with Crippen LogP contribution in [-0.2, 0) is 12.0 Å².